The summed E-state index contributed by atoms with van der Waals surface area (Å²) in [5.41, 5.74) is 0.588. The van der Waals surface area contributed by atoms with Gasteiger partial charge in [0.15, 0.2) is 0 Å². The van der Waals surface area contributed by atoms with Crippen LogP contribution in [0.25, 0.3) is 0 Å². The molecule has 0 amide bonds. The van der Waals surface area contributed by atoms with E-state index in [2.05, 4.69) is 15.9 Å². The second-order valence-electron chi connectivity index (χ2n) is 8.12. The number of sulfonamides is 1. The molecule has 2 aromatic rings. The van der Waals surface area contributed by atoms with Crippen LogP contribution in [0.3, 0.4) is 0 Å². The van der Waals surface area contributed by atoms with Crippen molar-refractivity contribution in [3.63, 3.8) is 0 Å². The third-order valence-corrected chi connectivity index (χ3v) is 8.03. The first kappa shape index (κ1) is 24.1. The Kier molecular flexibility index (Phi) is 7.75. The van der Waals surface area contributed by atoms with Crippen LogP contribution in [0.15, 0.2) is 51.8 Å². The van der Waals surface area contributed by atoms with Gasteiger partial charge in [-0.05, 0) is 38.2 Å². The summed E-state index contributed by atoms with van der Waals surface area (Å²) in [6, 6.07) is 10.9. The molecular weight excluding hydrogens is 487 g/mol. The fourth-order valence-electron chi connectivity index (χ4n) is 3.71. The number of nitrogens with zero attached hydrogens (tertiary/aromatic N) is 2. The number of rotatable bonds is 6. The van der Waals surface area contributed by atoms with Gasteiger partial charge >= 0.3 is 0 Å². The van der Waals surface area contributed by atoms with E-state index in [0.717, 1.165) is 0 Å². The van der Waals surface area contributed by atoms with Gasteiger partial charge in [0.25, 0.3) is 0 Å². The molecule has 0 spiro atoms. The predicted molar refractivity (Wildman–Crippen MR) is 121 cm³/mol. The van der Waals surface area contributed by atoms with E-state index in [1.54, 1.807) is 37.3 Å². The molecule has 170 valence electrons. The molecule has 1 N–H and O–H groups in total. The number of halogens is 2. The van der Waals surface area contributed by atoms with Crippen molar-refractivity contribution in [2.24, 2.45) is 5.92 Å². The van der Waals surface area contributed by atoms with E-state index in [1.807, 2.05) is 18.9 Å². The topological polar surface area (TPSA) is 70.1 Å². The lowest BCUT2D eigenvalue weighted by Gasteiger charge is -2.37. The maximum absolute atomic E-state index is 14.1. The number of hydrogen-bond donors (Lipinski definition) is 1. The highest BCUT2D eigenvalue weighted by molar-refractivity contribution is 9.10. The Morgan fingerprint density at radius 3 is 2.71 bits per heavy atom. The van der Waals surface area contributed by atoms with E-state index in [0.29, 0.717) is 23.1 Å². The number of aliphatic hydroxyl groups excluding tert-OH is 1. The van der Waals surface area contributed by atoms with Crippen molar-refractivity contribution in [3.8, 4) is 5.75 Å². The minimum atomic E-state index is -3.85. The van der Waals surface area contributed by atoms with Gasteiger partial charge in [-0.3, -0.25) is 4.90 Å². The molecule has 3 atom stereocenters. The molecule has 6 nitrogen and oxygen atoms in total. The van der Waals surface area contributed by atoms with Gasteiger partial charge in [-0.25, -0.2) is 12.8 Å². The molecule has 0 aliphatic carbocycles. The number of aliphatic hydroxyl groups is 1. The van der Waals surface area contributed by atoms with Gasteiger partial charge in [0.2, 0.25) is 10.0 Å². The molecule has 9 heteroatoms. The molecule has 0 fully saturated rings. The van der Waals surface area contributed by atoms with E-state index in [4.69, 9.17) is 4.74 Å². The summed E-state index contributed by atoms with van der Waals surface area (Å²) < 4.78 is 49.0. The molecule has 0 radical (unpaired) electrons. The zero-order valence-corrected chi connectivity index (χ0v) is 20.2. The SMILES string of the molecule is C[C@@H]1CN([C@@H](C)CO)S(=O)(=O)c2ccc(Br)cc2O[C@H]1CN(C)Cc1ccccc1F. The third-order valence-electron chi connectivity index (χ3n) is 5.52. The van der Waals surface area contributed by atoms with Crippen molar-refractivity contribution in [1.29, 1.82) is 0 Å². The largest absolute Gasteiger partial charge is 0.487 e. The fraction of sp³-hybridized carbons (Fsp3) is 0.455. The van der Waals surface area contributed by atoms with Crippen LogP contribution in [0.5, 0.6) is 5.75 Å². The lowest BCUT2D eigenvalue weighted by Crippen LogP contribution is -2.49. The van der Waals surface area contributed by atoms with Gasteiger partial charge in [-0.15, -0.1) is 0 Å². The quantitative estimate of drug-likeness (QED) is 0.638. The van der Waals surface area contributed by atoms with Crippen LogP contribution in [-0.2, 0) is 16.6 Å². The molecule has 0 saturated carbocycles. The van der Waals surface area contributed by atoms with Crippen molar-refractivity contribution >= 4 is 26.0 Å². The number of ether oxygens (including phenoxy) is 1. The Morgan fingerprint density at radius 1 is 1.32 bits per heavy atom. The molecule has 0 unspecified atom stereocenters. The summed E-state index contributed by atoms with van der Waals surface area (Å²) in [5.74, 6) is -0.163. The highest BCUT2D eigenvalue weighted by Gasteiger charge is 2.38. The van der Waals surface area contributed by atoms with Gasteiger partial charge in [0.1, 0.15) is 22.6 Å². The normalized spacial score (nSPS) is 22.3. The maximum Gasteiger partial charge on any atom is 0.247 e. The van der Waals surface area contributed by atoms with Crippen LogP contribution in [-0.4, -0.2) is 61.6 Å². The van der Waals surface area contributed by atoms with Crippen molar-refractivity contribution < 1.29 is 22.7 Å². The summed E-state index contributed by atoms with van der Waals surface area (Å²) in [6.45, 7) is 4.42. The third kappa shape index (κ3) is 5.46. The number of fused-ring (bicyclic) bond motifs is 1. The summed E-state index contributed by atoms with van der Waals surface area (Å²) in [7, 11) is -1.96. The number of benzene rings is 2. The lowest BCUT2D eigenvalue weighted by atomic mass is 10.0. The highest BCUT2D eigenvalue weighted by atomic mass is 79.9. The Bertz CT molecular complexity index is 1020. The summed E-state index contributed by atoms with van der Waals surface area (Å²) in [6.07, 6.45) is -0.339. The Morgan fingerprint density at radius 2 is 2.03 bits per heavy atom. The van der Waals surface area contributed by atoms with Gasteiger partial charge in [-0.2, -0.15) is 4.31 Å². The minimum absolute atomic E-state index is 0.0738. The average molecular weight is 515 g/mol. The number of likely N-dealkylation sites (N-methyl/N-ethyl adjacent to an activating group) is 1. The van der Waals surface area contributed by atoms with Crippen LogP contribution in [0.4, 0.5) is 4.39 Å². The summed E-state index contributed by atoms with van der Waals surface area (Å²) in [4.78, 5) is 2.04. The lowest BCUT2D eigenvalue weighted by molar-refractivity contribution is 0.0730. The van der Waals surface area contributed by atoms with Gasteiger partial charge in [0, 0.05) is 41.6 Å². The second-order valence-corrected chi connectivity index (χ2v) is 10.9. The Hall–Kier alpha value is -1.52. The van der Waals surface area contributed by atoms with Crippen LogP contribution in [0, 0.1) is 11.7 Å². The first-order valence-corrected chi connectivity index (χ1v) is 12.4. The molecule has 1 aliphatic heterocycles. The first-order valence-electron chi connectivity index (χ1n) is 10.1. The number of hydrogen-bond acceptors (Lipinski definition) is 5. The second kappa shape index (κ2) is 9.95. The molecule has 0 bridgehead atoms. The molecule has 1 aliphatic rings. The molecule has 0 saturated heterocycles. The minimum Gasteiger partial charge on any atom is -0.487 e. The van der Waals surface area contributed by atoms with Crippen LogP contribution in [0.1, 0.15) is 19.4 Å². The van der Waals surface area contributed by atoms with Crippen molar-refractivity contribution in [1.82, 2.24) is 9.21 Å². The molecule has 31 heavy (non-hydrogen) atoms. The van der Waals surface area contributed by atoms with Gasteiger partial charge in [-0.1, -0.05) is 41.1 Å². The van der Waals surface area contributed by atoms with Gasteiger partial charge < -0.3 is 9.84 Å². The van der Waals surface area contributed by atoms with Crippen LogP contribution >= 0.6 is 15.9 Å². The summed E-state index contributed by atoms with van der Waals surface area (Å²) >= 11 is 3.39. The molecule has 2 aromatic carbocycles. The van der Waals surface area contributed by atoms with Crippen molar-refractivity contribution in [2.75, 3.05) is 26.7 Å². The fourth-order valence-corrected chi connectivity index (χ4v) is 5.87. The van der Waals surface area contributed by atoms with E-state index in [-0.39, 0.29) is 41.6 Å². The smallest absolute Gasteiger partial charge is 0.247 e. The maximum atomic E-state index is 14.1. The summed E-state index contributed by atoms with van der Waals surface area (Å²) in [5, 5.41) is 9.67. The zero-order chi connectivity index (χ0) is 22.8. The van der Waals surface area contributed by atoms with Crippen LogP contribution < -0.4 is 4.74 Å². The average Bonchev–Trinajstić information content (AvgIpc) is 2.71. The zero-order valence-electron chi connectivity index (χ0n) is 17.8. The highest BCUT2D eigenvalue weighted by Crippen LogP contribution is 2.35. The van der Waals surface area contributed by atoms with Gasteiger partial charge in [0.05, 0.1) is 6.61 Å². The van der Waals surface area contributed by atoms with Crippen molar-refractivity contribution in [3.05, 3.63) is 58.3 Å². The van der Waals surface area contributed by atoms with E-state index in [1.165, 1.54) is 16.4 Å². The first-order chi connectivity index (χ1) is 14.6. The Balaban J connectivity index is 1.92. The molecule has 1 heterocycles. The molecular formula is C22H28BrFN2O4S. The van der Waals surface area contributed by atoms with E-state index >= 15 is 0 Å². The standard InChI is InChI=1S/C22H28BrFN2O4S/c1-15-11-26(16(2)14-27)31(28,29)22-9-8-18(23)10-20(22)30-21(15)13-25(3)12-17-6-4-5-7-19(17)24/h4-10,15-16,21,27H,11-14H2,1-3H3/t15-,16+,21+/m1/s1. The van der Waals surface area contributed by atoms with E-state index in [9.17, 15) is 17.9 Å². The Labute approximate surface area is 191 Å². The van der Waals surface area contributed by atoms with E-state index < -0.39 is 16.1 Å². The van der Waals surface area contributed by atoms with Crippen LogP contribution in [0.2, 0.25) is 0 Å². The molecule has 0 aromatic heterocycles. The monoisotopic (exact) mass is 514 g/mol. The van der Waals surface area contributed by atoms with Crippen molar-refractivity contribution in [2.45, 2.75) is 37.4 Å². The molecule has 3 rings (SSSR count). The predicted octanol–water partition coefficient (Wildman–Crippen LogP) is 3.49.